The lowest BCUT2D eigenvalue weighted by Gasteiger charge is -2.15. The molecule has 0 saturated heterocycles. The minimum absolute atomic E-state index is 0. The van der Waals surface area contributed by atoms with E-state index in [0.29, 0.717) is 49.2 Å². The number of hydrogen-bond acceptors (Lipinski definition) is 4. The van der Waals surface area contributed by atoms with Gasteiger partial charge in [0.05, 0.1) is 13.2 Å². The number of hydrogen-bond donors (Lipinski definition) is 3. The van der Waals surface area contributed by atoms with Gasteiger partial charge in [-0.2, -0.15) is 0 Å². The number of nitrogens with one attached hydrogen (secondary N) is 3. The average molecular weight is 554 g/mol. The summed E-state index contributed by atoms with van der Waals surface area (Å²) in [6, 6.07) is 12.5. The number of nitrogens with zero attached hydrogens (tertiary/aromatic N) is 1. The number of halogens is 2. The highest BCUT2D eigenvalue weighted by Gasteiger charge is 2.23. The molecule has 1 saturated carbocycles. The Balaban J connectivity index is 0.00000289. The topological polar surface area (TPSA) is 84.0 Å². The third-order valence-electron chi connectivity index (χ3n) is 4.98. The zero-order valence-corrected chi connectivity index (χ0v) is 20.1. The first-order chi connectivity index (χ1) is 15.2. The lowest BCUT2D eigenvalue weighted by atomic mass is 10.1. The van der Waals surface area contributed by atoms with E-state index in [-0.39, 0.29) is 48.3 Å². The van der Waals surface area contributed by atoms with Crippen molar-refractivity contribution in [2.24, 2.45) is 4.99 Å². The van der Waals surface area contributed by atoms with Gasteiger partial charge in [0.15, 0.2) is 17.5 Å². The maximum absolute atomic E-state index is 13.9. The molecule has 1 fully saturated rings. The van der Waals surface area contributed by atoms with Crippen LogP contribution in [-0.4, -0.2) is 44.2 Å². The number of aliphatic imine (C=N–C) groups is 1. The predicted octanol–water partition coefficient (Wildman–Crippen LogP) is 3.48. The molecule has 0 spiro atoms. The van der Waals surface area contributed by atoms with Crippen molar-refractivity contribution in [2.75, 3.05) is 31.6 Å². The van der Waals surface area contributed by atoms with Gasteiger partial charge < -0.3 is 25.4 Å². The molecule has 0 bridgehead atoms. The molecular weight excluding hydrogens is 526 g/mol. The number of ether oxygens (including phenoxy) is 2. The van der Waals surface area contributed by atoms with Gasteiger partial charge >= 0.3 is 0 Å². The van der Waals surface area contributed by atoms with Crippen molar-refractivity contribution >= 4 is 41.5 Å². The fourth-order valence-corrected chi connectivity index (χ4v) is 3.19. The molecule has 9 heteroatoms. The summed E-state index contributed by atoms with van der Waals surface area (Å²) in [6.45, 7) is 1.69. The molecule has 1 aliphatic carbocycles. The number of guanidine groups is 1. The standard InChI is InChI=1S/C23H27FN4O3.HI/c24-19-5-2-1-4-16(19)10-11-25-23(26-15-22(29)27-17-6-7-17)28-18-8-9-20-21(14-18)31-13-3-12-30-20;/h1-2,4-5,8-9,14,17H,3,6-7,10-13,15H2,(H,27,29)(H2,25,26,28);1H. The quantitative estimate of drug-likeness (QED) is 0.278. The Hall–Kier alpha value is -2.56. The van der Waals surface area contributed by atoms with Crippen molar-refractivity contribution in [3.63, 3.8) is 0 Å². The van der Waals surface area contributed by atoms with Crippen LogP contribution < -0.4 is 25.4 Å². The molecule has 0 atom stereocenters. The Morgan fingerprint density at radius 3 is 2.66 bits per heavy atom. The number of carbonyl (C=O) groups is 1. The Bertz CT molecular complexity index is 953. The summed E-state index contributed by atoms with van der Waals surface area (Å²) in [5.74, 6) is 1.47. The molecule has 1 amide bonds. The van der Waals surface area contributed by atoms with E-state index in [1.807, 2.05) is 24.3 Å². The molecule has 172 valence electrons. The van der Waals surface area contributed by atoms with Crippen LogP contribution in [-0.2, 0) is 11.2 Å². The largest absolute Gasteiger partial charge is 0.490 e. The second-order valence-corrected chi connectivity index (χ2v) is 7.61. The Labute approximate surface area is 204 Å². The molecule has 2 aromatic carbocycles. The summed E-state index contributed by atoms with van der Waals surface area (Å²) < 4.78 is 25.3. The molecule has 1 aliphatic heterocycles. The molecule has 0 radical (unpaired) electrons. The van der Waals surface area contributed by atoms with Crippen LogP contribution in [0, 0.1) is 5.82 Å². The molecule has 0 aromatic heterocycles. The monoisotopic (exact) mass is 554 g/mol. The van der Waals surface area contributed by atoms with Gasteiger partial charge in [-0.05, 0) is 43.0 Å². The lowest BCUT2D eigenvalue weighted by Crippen LogP contribution is -2.35. The van der Waals surface area contributed by atoms with Crippen molar-refractivity contribution < 1.29 is 18.7 Å². The number of fused-ring (bicyclic) bond motifs is 1. The molecule has 2 aliphatic rings. The van der Waals surface area contributed by atoms with Gasteiger partial charge in [0, 0.05) is 30.8 Å². The van der Waals surface area contributed by atoms with Crippen LogP contribution in [0.2, 0.25) is 0 Å². The van der Waals surface area contributed by atoms with Crippen molar-refractivity contribution in [1.82, 2.24) is 10.6 Å². The van der Waals surface area contributed by atoms with E-state index in [0.717, 1.165) is 24.9 Å². The average Bonchev–Trinajstić information content (AvgIpc) is 3.60. The van der Waals surface area contributed by atoms with Crippen LogP contribution in [0.1, 0.15) is 24.8 Å². The van der Waals surface area contributed by atoms with Gasteiger partial charge in [-0.3, -0.25) is 4.79 Å². The van der Waals surface area contributed by atoms with E-state index in [9.17, 15) is 9.18 Å². The minimum atomic E-state index is -0.234. The van der Waals surface area contributed by atoms with Gasteiger partial charge in [-0.15, -0.1) is 24.0 Å². The van der Waals surface area contributed by atoms with Gasteiger partial charge in [0.2, 0.25) is 5.91 Å². The zero-order chi connectivity index (χ0) is 21.5. The third kappa shape index (κ3) is 7.25. The van der Waals surface area contributed by atoms with E-state index in [1.54, 1.807) is 12.1 Å². The predicted molar refractivity (Wildman–Crippen MR) is 133 cm³/mol. The number of carbonyl (C=O) groups excluding carboxylic acids is 1. The number of anilines is 1. The first kappa shape index (κ1) is 24.1. The number of amides is 1. The summed E-state index contributed by atoms with van der Waals surface area (Å²) in [5.41, 5.74) is 1.38. The highest BCUT2D eigenvalue weighted by atomic mass is 127. The van der Waals surface area contributed by atoms with Gasteiger partial charge in [-0.25, -0.2) is 9.38 Å². The van der Waals surface area contributed by atoms with Gasteiger partial charge in [0.25, 0.3) is 0 Å². The molecule has 7 nitrogen and oxygen atoms in total. The van der Waals surface area contributed by atoms with Crippen molar-refractivity contribution in [3.05, 3.63) is 53.8 Å². The van der Waals surface area contributed by atoms with E-state index in [4.69, 9.17) is 9.47 Å². The summed E-state index contributed by atoms with van der Waals surface area (Å²) in [6.07, 6.45) is 3.37. The van der Waals surface area contributed by atoms with Crippen LogP contribution in [0.25, 0.3) is 0 Å². The SMILES string of the molecule is I.O=C(CN=C(NCCc1ccccc1F)Nc1ccc2c(c1)OCCCO2)NC1CC1. The summed E-state index contributed by atoms with van der Waals surface area (Å²) in [7, 11) is 0. The molecule has 4 rings (SSSR count). The maximum Gasteiger partial charge on any atom is 0.242 e. The second kappa shape index (κ2) is 11.9. The van der Waals surface area contributed by atoms with E-state index < -0.39 is 0 Å². The molecular formula is C23H28FIN4O3. The van der Waals surface area contributed by atoms with Crippen LogP contribution >= 0.6 is 24.0 Å². The van der Waals surface area contributed by atoms with Crippen LogP contribution in [0.4, 0.5) is 10.1 Å². The fourth-order valence-electron chi connectivity index (χ4n) is 3.19. The van der Waals surface area contributed by atoms with Crippen molar-refractivity contribution in [1.29, 1.82) is 0 Å². The molecule has 1 heterocycles. The van der Waals surface area contributed by atoms with E-state index >= 15 is 0 Å². The first-order valence-electron chi connectivity index (χ1n) is 10.6. The number of benzene rings is 2. The fraction of sp³-hybridized carbons (Fsp3) is 0.391. The van der Waals surface area contributed by atoms with Gasteiger partial charge in [0.1, 0.15) is 12.4 Å². The smallest absolute Gasteiger partial charge is 0.242 e. The van der Waals surface area contributed by atoms with Crippen molar-refractivity contribution in [3.8, 4) is 11.5 Å². The summed E-state index contributed by atoms with van der Waals surface area (Å²) in [4.78, 5) is 16.5. The molecule has 32 heavy (non-hydrogen) atoms. The first-order valence-corrected chi connectivity index (χ1v) is 10.6. The van der Waals surface area contributed by atoms with Crippen LogP contribution in [0.15, 0.2) is 47.5 Å². The minimum Gasteiger partial charge on any atom is -0.490 e. The van der Waals surface area contributed by atoms with Crippen molar-refractivity contribution in [2.45, 2.75) is 31.7 Å². The molecule has 0 unspecified atom stereocenters. The van der Waals surface area contributed by atoms with E-state index in [2.05, 4.69) is 20.9 Å². The second-order valence-electron chi connectivity index (χ2n) is 7.61. The third-order valence-corrected chi connectivity index (χ3v) is 4.98. The maximum atomic E-state index is 13.9. The summed E-state index contributed by atoms with van der Waals surface area (Å²) in [5, 5.41) is 9.31. The highest BCUT2D eigenvalue weighted by Crippen LogP contribution is 2.32. The molecule has 3 N–H and O–H groups in total. The van der Waals surface area contributed by atoms with Crippen LogP contribution in [0.5, 0.6) is 11.5 Å². The Morgan fingerprint density at radius 1 is 1.09 bits per heavy atom. The normalized spacial score (nSPS) is 15.2. The number of rotatable bonds is 7. The van der Waals surface area contributed by atoms with Gasteiger partial charge in [-0.1, -0.05) is 18.2 Å². The lowest BCUT2D eigenvalue weighted by molar-refractivity contribution is -0.119. The van der Waals surface area contributed by atoms with Crippen LogP contribution in [0.3, 0.4) is 0 Å². The highest BCUT2D eigenvalue weighted by molar-refractivity contribution is 14.0. The van der Waals surface area contributed by atoms with E-state index in [1.165, 1.54) is 6.07 Å². The summed E-state index contributed by atoms with van der Waals surface area (Å²) >= 11 is 0. The molecule has 2 aromatic rings. The Kier molecular flexibility index (Phi) is 8.95. The zero-order valence-electron chi connectivity index (χ0n) is 17.7. The Morgan fingerprint density at radius 2 is 1.88 bits per heavy atom.